The van der Waals surface area contributed by atoms with Gasteiger partial charge >= 0.3 is 0 Å². The maximum atomic E-state index is 13.8. The van der Waals surface area contributed by atoms with E-state index >= 15 is 0 Å². The zero-order valence-electron chi connectivity index (χ0n) is 26.3. The van der Waals surface area contributed by atoms with Crippen LogP contribution in [-0.2, 0) is 33.8 Å². The molecule has 2 heterocycles. The maximum Gasteiger partial charge on any atom is 0.251 e. The zero-order chi connectivity index (χ0) is 31.6. The average Bonchev–Trinajstić information content (AvgIpc) is 3.61. The first-order valence-electron chi connectivity index (χ1n) is 16.1. The van der Waals surface area contributed by atoms with E-state index in [-0.39, 0.29) is 36.6 Å². The monoisotopic (exact) mass is 629 g/mol. The summed E-state index contributed by atoms with van der Waals surface area (Å²) < 4.78 is 10.9. The molecule has 1 saturated heterocycles. The number of carbonyl (C=O) groups excluding carboxylic acids is 2. The van der Waals surface area contributed by atoms with Crippen LogP contribution < -0.4 is 5.32 Å². The molecule has 0 spiro atoms. The third-order valence-corrected chi connectivity index (χ3v) is 9.18. The van der Waals surface area contributed by atoms with Crippen molar-refractivity contribution in [3.63, 3.8) is 0 Å². The highest BCUT2D eigenvalue weighted by atomic mass is 35.5. The lowest BCUT2D eigenvalue weighted by Gasteiger charge is -2.40. The van der Waals surface area contributed by atoms with Gasteiger partial charge in [-0.05, 0) is 66.6 Å². The van der Waals surface area contributed by atoms with Gasteiger partial charge in [-0.25, -0.2) is 0 Å². The molecule has 45 heavy (non-hydrogen) atoms. The van der Waals surface area contributed by atoms with Crippen molar-refractivity contribution in [1.82, 2.24) is 15.1 Å². The van der Waals surface area contributed by atoms with E-state index in [9.17, 15) is 9.59 Å². The zero-order valence-corrected chi connectivity index (χ0v) is 27.0. The molecule has 8 heteroatoms. The summed E-state index contributed by atoms with van der Waals surface area (Å²) in [5, 5.41) is 3.87. The Morgan fingerprint density at radius 3 is 2.20 bits per heavy atom. The maximum absolute atomic E-state index is 13.8. The van der Waals surface area contributed by atoms with Gasteiger partial charge in [0.2, 0.25) is 12.7 Å². The number of carbonyl (C=O) groups is 2. The molecule has 1 unspecified atom stereocenters. The van der Waals surface area contributed by atoms with Crippen molar-refractivity contribution < 1.29 is 19.1 Å². The SMILES string of the molecule is CCC(CC)C(=O)N(Cc1ccc(C(=O)NC(Cc2ccccc2)C2=COCO2)cc1)C1CCN(Cc2ccc(Cl)cc2)CC1. The summed E-state index contributed by atoms with van der Waals surface area (Å²) in [6.07, 6.45) is 5.69. The first-order chi connectivity index (χ1) is 21.9. The summed E-state index contributed by atoms with van der Waals surface area (Å²) in [7, 11) is 0. The number of amides is 2. The van der Waals surface area contributed by atoms with Gasteiger partial charge in [0.25, 0.3) is 5.91 Å². The summed E-state index contributed by atoms with van der Waals surface area (Å²) >= 11 is 6.07. The van der Waals surface area contributed by atoms with Crippen molar-refractivity contribution in [2.45, 2.75) is 71.1 Å². The van der Waals surface area contributed by atoms with E-state index in [1.165, 1.54) is 5.56 Å². The lowest BCUT2D eigenvalue weighted by atomic mass is 9.96. The molecule has 2 aliphatic rings. The minimum absolute atomic E-state index is 0.0137. The standard InChI is InChI=1S/C37H44ClN3O4/c1-3-30(4-2)37(43)41(33-18-20-40(21-19-33)23-28-12-16-32(38)17-13-28)24-29-10-14-31(15-11-29)36(42)39-34(35-25-44-26-45-35)22-27-8-6-5-7-9-27/h5-17,25,30,33-34H,3-4,18-24,26H2,1-2H3,(H,39,42). The van der Waals surface area contributed by atoms with E-state index < -0.39 is 0 Å². The fourth-order valence-electron chi connectivity index (χ4n) is 6.20. The number of halogens is 1. The van der Waals surface area contributed by atoms with Gasteiger partial charge in [0.1, 0.15) is 6.26 Å². The minimum atomic E-state index is -0.347. The molecule has 1 atom stereocenters. The van der Waals surface area contributed by atoms with E-state index in [1.807, 2.05) is 66.7 Å². The highest BCUT2D eigenvalue weighted by Gasteiger charge is 2.31. The molecule has 238 valence electrons. The number of rotatable bonds is 13. The molecule has 0 saturated carbocycles. The van der Waals surface area contributed by atoms with Gasteiger partial charge in [-0.3, -0.25) is 14.5 Å². The van der Waals surface area contributed by atoms with Crippen LogP contribution in [0.25, 0.3) is 0 Å². The Kier molecular flexibility index (Phi) is 11.6. The van der Waals surface area contributed by atoms with E-state index in [2.05, 4.69) is 41.1 Å². The Morgan fingerprint density at radius 2 is 1.58 bits per heavy atom. The van der Waals surface area contributed by atoms with Crippen molar-refractivity contribution in [2.75, 3.05) is 19.9 Å². The number of hydrogen-bond acceptors (Lipinski definition) is 5. The summed E-state index contributed by atoms with van der Waals surface area (Å²) in [5.74, 6) is 0.670. The minimum Gasteiger partial charge on any atom is -0.462 e. The van der Waals surface area contributed by atoms with Crippen LogP contribution in [0.3, 0.4) is 0 Å². The Balaban J connectivity index is 1.23. The highest BCUT2D eigenvalue weighted by molar-refractivity contribution is 6.30. The second-order valence-electron chi connectivity index (χ2n) is 12.0. The molecule has 0 radical (unpaired) electrons. The average molecular weight is 630 g/mol. The smallest absolute Gasteiger partial charge is 0.251 e. The molecule has 2 aliphatic heterocycles. The van der Waals surface area contributed by atoms with Crippen molar-refractivity contribution in [3.8, 4) is 0 Å². The van der Waals surface area contributed by atoms with Gasteiger partial charge < -0.3 is 19.7 Å². The topological polar surface area (TPSA) is 71.1 Å². The number of benzene rings is 3. The van der Waals surface area contributed by atoms with Gasteiger partial charge in [-0.1, -0.05) is 80.0 Å². The highest BCUT2D eigenvalue weighted by Crippen LogP contribution is 2.25. The van der Waals surface area contributed by atoms with Gasteiger partial charge in [-0.2, -0.15) is 0 Å². The van der Waals surface area contributed by atoms with Crippen molar-refractivity contribution in [3.05, 3.63) is 118 Å². The predicted molar refractivity (Wildman–Crippen MR) is 177 cm³/mol. The fourth-order valence-corrected chi connectivity index (χ4v) is 6.33. The molecule has 3 aromatic rings. The summed E-state index contributed by atoms with van der Waals surface area (Å²) in [5.41, 5.74) is 3.92. The molecular formula is C37H44ClN3O4. The van der Waals surface area contributed by atoms with Crippen molar-refractivity contribution in [1.29, 1.82) is 0 Å². The second-order valence-corrected chi connectivity index (χ2v) is 12.4. The molecule has 5 rings (SSSR count). The second kappa shape index (κ2) is 16.0. The van der Waals surface area contributed by atoms with Crippen LogP contribution in [0.5, 0.6) is 0 Å². The molecule has 0 aliphatic carbocycles. The Labute approximate surface area is 272 Å². The van der Waals surface area contributed by atoms with E-state index in [4.69, 9.17) is 21.1 Å². The van der Waals surface area contributed by atoms with Crippen molar-refractivity contribution in [2.24, 2.45) is 5.92 Å². The number of nitrogens with zero attached hydrogens (tertiary/aromatic N) is 2. The van der Waals surface area contributed by atoms with Crippen LogP contribution in [-0.4, -0.2) is 53.6 Å². The lowest BCUT2D eigenvalue weighted by molar-refractivity contribution is -0.140. The number of likely N-dealkylation sites (tertiary alicyclic amines) is 1. The predicted octanol–water partition coefficient (Wildman–Crippen LogP) is 6.96. The van der Waals surface area contributed by atoms with E-state index in [0.717, 1.165) is 61.5 Å². The van der Waals surface area contributed by atoms with Crippen LogP contribution in [0, 0.1) is 5.92 Å². The summed E-state index contributed by atoms with van der Waals surface area (Å²) in [6, 6.07) is 25.5. The number of piperidine rings is 1. The van der Waals surface area contributed by atoms with Crippen molar-refractivity contribution >= 4 is 23.4 Å². The molecule has 3 aromatic carbocycles. The molecule has 1 fully saturated rings. The van der Waals surface area contributed by atoms with Crippen LogP contribution in [0.15, 0.2) is 90.9 Å². The summed E-state index contributed by atoms with van der Waals surface area (Å²) in [4.78, 5) is 31.7. The van der Waals surface area contributed by atoms with Gasteiger partial charge in [0.05, 0.1) is 6.04 Å². The largest absolute Gasteiger partial charge is 0.462 e. The number of nitrogens with one attached hydrogen (secondary N) is 1. The molecule has 0 bridgehead atoms. The Bertz CT molecular complexity index is 1420. The van der Waals surface area contributed by atoms with Gasteiger partial charge in [-0.15, -0.1) is 0 Å². The number of hydrogen-bond donors (Lipinski definition) is 1. The first-order valence-corrected chi connectivity index (χ1v) is 16.5. The molecule has 0 aromatic heterocycles. The first kappa shape index (κ1) is 32.6. The van der Waals surface area contributed by atoms with Gasteiger partial charge in [0.15, 0.2) is 5.76 Å². The third kappa shape index (κ3) is 8.89. The van der Waals surface area contributed by atoms with Crippen LogP contribution in [0.4, 0.5) is 0 Å². The van der Waals surface area contributed by atoms with Crippen LogP contribution in [0.1, 0.15) is 66.6 Å². The van der Waals surface area contributed by atoms with Gasteiger partial charge in [0, 0.05) is 55.1 Å². The van der Waals surface area contributed by atoms with E-state index in [1.54, 1.807) is 6.26 Å². The molecule has 7 nitrogen and oxygen atoms in total. The normalized spacial score (nSPS) is 16.0. The van der Waals surface area contributed by atoms with E-state index in [0.29, 0.717) is 24.3 Å². The van der Waals surface area contributed by atoms with Crippen LogP contribution >= 0.6 is 11.6 Å². The lowest BCUT2D eigenvalue weighted by Crippen LogP contribution is -2.48. The molecule has 2 amide bonds. The molecular weight excluding hydrogens is 586 g/mol. The van der Waals surface area contributed by atoms with Crippen LogP contribution in [0.2, 0.25) is 5.02 Å². The third-order valence-electron chi connectivity index (χ3n) is 8.93. The Morgan fingerprint density at radius 1 is 0.911 bits per heavy atom. The quantitative estimate of drug-likeness (QED) is 0.221. The summed E-state index contributed by atoms with van der Waals surface area (Å²) in [6.45, 7) is 7.64. The Hall–Kier alpha value is -3.81. The number of ether oxygens (including phenoxy) is 2. The molecule has 1 N–H and O–H groups in total. The fraction of sp³-hybridized carbons (Fsp3) is 0.405.